The smallest absolute Gasteiger partial charge is 0.253 e. The number of benzene rings is 1. The SMILES string of the molecule is CCC(C)(C)n1nnnc1[C@H](c1cc2cc3c(cc2[nH]c1=O)OCO3)N1CCCCC1. The molecule has 3 aromatic rings. The Balaban J connectivity index is 1.68. The number of nitrogens with one attached hydrogen (secondary N) is 1. The predicted octanol–water partition coefficient (Wildman–Crippen LogP) is 2.96. The minimum Gasteiger partial charge on any atom is -0.454 e. The molecule has 5 rings (SSSR count). The van der Waals surface area contributed by atoms with Crippen LogP contribution in [0.15, 0.2) is 23.0 Å². The summed E-state index contributed by atoms with van der Waals surface area (Å²) in [5.41, 5.74) is 0.980. The first-order valence-corrected chi connectivity index (χ1v) is 11.0. The van der Waals surface area contributed by atoms with E-state index in [1.54, 1.807) is 0 Å². The topological polar surface area (TPSA) is 98.2 Å². The van der Waals surface area contributed by atoms with Crippen LogP contribution in [0.2, 0.25) is 0 Å². The molecule has 4 heterocycles. The molecule has 0 bridgehead atoms. The van der Waals surface area contributed by atoms with E-state index < -0.39 is 0 Å². The van der Waals surface area contributed by atoms with Crippen molar-refractivity contribution in [3.63, 3.8) is 0 Å². The highest BCUT2D eigenvalue weighted by Gasteiger charge is 2.34. The van der Waals surface area contributed by atoms with E-state index in [-0.39, 0.29) is 23.9 Å². The van der Waals surface area contributed by atoms with Gasteiger partial charge in [-0.3, -0.25) is 9.69 Å². The van der Waals surface area contributed by atoms with Gasteiger partial charge in [0.05, 0.1) is 11.1 Å². The number of tetrazole rings is 1. The van der Waals surface area contributed by atoms with E-state index in [4.69, 9.17) is 9.47 Å². The van der Waals surface area contributed by atoms with Gasteiger partial charge in [0.1, 0.15) is 6.04 Å². The summed E-state index contributed by atoms with van der Waals surface area (Å²) in [6, 6.07) is 5.37. The van der Waals surface area contributed by atoms with Gasteiger partial charge in [0.15, 0.2) is 17.3 Å². The first-order chi connectivity index (χ1) is 15.0. The Bertz CT molecular complexity index is 1160. The van der Waals surface area contributed by atoms with Crippen LogP contribution < -0.4 is 15.0 Å². The molecule has 9 nitrogen and oxygen atoms in total. The number of aromatic nitrogens is 5. The molecule has 1 atom stereocenters. The summed E-state index contributed by atoms with van der Waals surface area (Å²) in [7, 11) is 0. The Kier molecular flexibility index (Phi) is 4.92. The first-order valence-electron chi connectivity index (χ1n) is 11.0. The molecule has 164 valence electrons. The van der Waals surface area contributed by atoms with Crippen LogP contribution in [0.4, 0.5) is 0 Å². The number of H-pyrrole nitrogens is 1. The monoisotopic (exact) mass is 424 g/mol. The van der Waals surface area contributed by atoms with Crippen LogP contribution in [-0.2, 0) is 5.54 Å². The van der Waals surface area contributed by atoms with Crippen LogP contribution in [0.25, 0.3) is 10.9 Å². The zero-order chi connectivity index (χ0) is 21.6. The van der Waals surface area contributed by atoms with Gasteiger partial charge in [-0.05, 0) is 68.8 Å². The lowest BCUT2D eigenvalue weighted by atomic mass is 9.98. The van der Waals surface area contributed by atoms with Crippen LogP contribution in [0.1, 0.15) is 63.9 Å². The number of pyridine rings is 1. The first kappa shape index (κ1) is 20.0. The molecule has 2 aromatic heterocycles. The van der Waals surface area contributed by atoms with Crippen LogP contribution in [-0.4, -0.2) is 50.0 Å². The summed E-state index contributed by atoms with van der Waals surface area (Å²) in [4.78, 5) is 18.7. The van der Waals surface area contributed by atoms with Crippen molar-refractivity contribution < 1.29 is 9.47 Å². The molecule has 1 aromatic carbocycles. The van der Waals surface area contributed by atoms with Gasteiger partial charge in [-0.15, -0.1) is 5.10 Å². The van der Waals surface area contributed by atoms with Crippen molar-refractivity contribution >= 4 is 10.9 Å². The number of fused-ring (bicyclic) bond motifs is 2. The maximum absolute atomic E-state index is 13.3. The van der Waals surface area contributed by atoms with E-state index in [0.29, 0.717) is 22.9 Å². The third-order valence-corrected chi connectivity index (χ3v) is 6.59. The molecule has 31 heavy (non-hydrogen) atoms. The molecule has 1 saturated heterocycles. The lowest BCUT2D eigenvalue weighted by Gasteiger charge is -2.35. The molecule has 1 fully saturated rings. The summed E-state index contributed by atoms with van der Waals surface area (Å²) in [6.07, 6.45) is 4.26. The quantitative estimate of drug-likeness (QED) is 0.672. The molecule has 0 radical (unpaired) electrons. The van der Waals surface area contributed by atoms with E-state index in [1.165, 1.54) is 6.42 Å². The van der Waals surface area contributed by atoms with Crippen LogP contribution in [0, 0.1) is 0 Å². The van der Waals surface area contributed by atoms with Gasteiger partial charge in [0.2, 0.25) is 6.79 Å². The largest absolute Gasteiger partial charge is 0.454 e. The van der Waals surface area contributed by atoms with E-state index in [2.05, 4.69) is 46.2 Å². The highest BCUT2D eigenvalue weighted by atomic mass is 16.7. The van der Waals surface area contributed by atoms with E-state index >= 15 is 0 Å². The van der Waals surface area contributed by atoms with Crippen LogP contribution in [0.3, 0.4) is 0 Å². The number of likely N-dealkylation sites (tertiary alicyclic amines) is 1. The molecule has 1 N–H and O–H groups in total. The Morgan fingerprint density at radius 2 is 1.87 bits per heavy atom. The maximum Gasteiger partial charge on any atom is 0.253 e. The van der Waals surface area contributed by atoms with Crippen molar-refractivity contribution in [2.45, 2.75) is 58.0 Å². The highest BCUT2D eigenvalue weighted by Crippen LogP contribution is 2.37. The molecular weight excluding hydrogens is 396 g/mol. The van der Waals surface area contributed by atoms with Crippen molar-refractivity contribution in [2.75, 3.05) is 19.9 Å². The summed E-state index contributed by atoms with van der Waals surface area (Å²) >= 11 is 0. The van der Waals surface area contributed by atoms with Gasteiger partial charge < -0.3 is 14.5 Å². The third-order valence-electron chi connectivity index (χ3n) is 6.59. The van der Waals surface area contributed by atoms with Gasteiger partial charge in [0, 0.05) is 17.0 Å². The number of hydrogen-bond acceptors (Lipinski definition) is 7. The summed E-state index contributed by atoms with van der Waals surface area (Å²) in [5.74, 6) is 2.05. The van der Waals surface area contributed by atoms with Crippen LogP contribution >= 0.6 is 0 Å². The zero-order valence-electron chi connectivity index (χ0n) is 18.2. The van der Waals surface area contributed by atoms with Gasteiger partial charge in [0.25, 0.3) is 5.56 Å². The van der Waals surface area contributed by atoms with Crippen LogP contribution in [0.5, 0.6) is 11.5 Å². The number of aromatic amines is 1. The van der Waals surface area contributed by atoms with Crippen molar-refractivity contribution in [2.24, 2.45) is 0 Å². The number of rotatable bonds is 5. The standard InChI is InChI=1S/C22H28N6O3/c1-4-22(2,3)28-20(24-25-26-28)19(27-8-6-5-7-9-27)15-10-14-11-17-18(31-13-30-17)12-16(14)23-21(15)29/h10-12,19H,4-9,13H2,1-3H3,(H,23,29)/t19-/m0/s1. The third kappa shape index (κ3) is 3.46. The number of piperidine rings is 1. The second kappa shape index (κ2) is 7.64. The summed E-state index contributed by atoms with van der Waals surface area (Å²) < 4.78 is 12.9. The lowest BCUT2D eigenvalue weighted by Crippen LogP contribution is -2.40. The van der Waals surface area contributed by atoms with E-state index in [1.807, 2.05) is 22.9 Å². The molecule has 0 spiro atoms. The fourth-order valence-electron chi connectivity index (χ4n) is 4.44. The van der Waals surface area contributed by atoms with Gasteiger partial charge in [-0.25, -0.2) is 4.68 Å². The minimum absolute atomic E-state index is 0.134. The number of ether oxygens (including phenoxy) is 2. The Hall–Kier alpha value is -2.94. The van der Waals surface area contributed by atoms with Gasteiger partial charge in [-0.1, -0.05) is 13.3 Å². The fourth-order valence-corrected chi connectivity index (χ4v) is 4.44. The van der Waals surface area contributed by atoms with Gasteiger partial charge >= 0.3 is 0 Å². The maximum atomic E-state index is 13.3. The molecule has 0 aliphatic carbocycles. The second-order valence-corrected chi connectivity index (χ2v) is 8.96. The minimum atomic E-state index is -0.320. The average molecular weight is 425 g/mol. The molecule has 0 saturated carbocycles. The van der Waals surface area contributed by atoms with E-state index in [0.717, 1.165) is 43.3 Å². The van der Waals surface area contributed by atoms with Crippen molar-refractivity contribution in [3.05, 3.63) is 39.9 Å². The molecular formula is C22H28N6O3. The highest BCUT2D eigenvalue weighted by molar-refractivity contribution is 5.83. The fraction of sp³-hybridized carbons (Fsp3) is 0.545. The second-order valence-electron chi connectivity index (χ2n) is 8.96. The zero-order valence-corrected chi connectivity index (χ0v) is 18.2. The van der Waals surface area contributed by atoms with Crippen molar-refractivity contribution in [3.8, 4) is 11.5 Å². The molecule has 9 heteroatoms. The Morgan fingerprint density at radius 3 is 2.61 bits per heavy atom. The van der Waals surface area contributed by atoms with Crippen molar-refractivity contribution in [1.82, 2.24) is 30.1 Å². The predicted molar refractivity (Wildman–Crippen MR) is 115 cm³/mol. The average Bonchev–Trinajstić information content (AvgIpc) is 3.43. The van der Waals surface area contributed by atoms with Gasteiger partial charge in [-0.2, -0.15) is 0 Å². The van der Waals surface area contributed by atoms with E-state index in [9.17, 15) is 4.79 Å². The number of hydrogen-bond donors (Lipinski definition) is 1. The summed E-state index contributed by atoms with van der Waals surface area (Å²) in [6.45, 7) is 8.36. The lowest BCUT2D eigenvalue weighted by molar-refractivity contribution is 0.167. The molecule has 0 unspecified atom stereocenters. The van der Waals surface area contributed by atoms with Crippen molar-refractivity contribution in [1.29, 1.82) is 0 Å². The summed E-state index contributed by atoms with van der Waals surface area (Å²) in [5, 5.41) is 13.6. The Morgan fingerprint density at radius 1 is 1.13 bits per heavy atom. The molecule has 0 amide bonds. The molecule has 2 aliphatic heterocycles. The normalized spacial score (nSPS) is 17.9. The Labute approximate surface area is 180 Å². The number of nitrogens with zero attached hydrogens (tertiary/aromatic N) is 5. The molecule has 2 aliphatic rings.